The highest BCUT2D eigenvalue weighted by Gasteiger charge is 2.47. The van der Waals surface area contributed by atoms with Crippen molar-refractivity contribution in [3.63, 3.8) is 0 Å². The molecule has 2 amide bonds. The normalized spacial score (nSPS) is 24.3. The number of benzene rings is 1. The van der Waals surface area contributed by atoms with Crippen molar-refractivity contribution in [3.05, 3.63) is 35.6 Å². The van der Waals surface area contributed by atoms with E-state index >= 15 is 0 Å². The fourth-order valence-corrected chi connectivity index (χ4v) is 3.43. The van der Waals surface area contributed by atoms with E-state index in [9.17, 15) is 14.0 Å². The smallest absolute Gasteiger partial charge is 0.233 e. The summed E-state index contributed by atoms with van der Waals surface area (Å²) in [5, 5.41) is 11.9. The van der Waals surface area contributed by atoms with Crippen molar-refractivity contribution in [2.24, 2.45) is 5.92 Å². The highest BCUT2D eigenvalue weighted by molar-refractivity contribution is 5.97. The summed E-state index contributed by atoms with van der Waals surface area (Å²) in [5.41, 5.74) is -0.217. The molecule has 1 aliphatic heterocycles. The minimum absolute atomic E-state index is 0.259. The fraction of sp³-hybridized carbons (Fsp3) is 0.500. The topological polar surface area (TPSA) is 73.2 Å². The molecule has 126 valence electrons. The number of halogens is 1. The molecule has 24 heavy (non-hydrogen) atoms. The number of rotatable bonds is 4. The number of hydrogen-bond donors (Lipinski definition) is 1. The molecule has 1 aromatic rings. The van der Waals surface area contributed by atoms with Gasteiger partial charge in [-0.3, -0.25) is 9.59 Å². The summed E-state index contributed by atoms with van der Waals surface area (Å²) < 4.78 is 14.0. The Bertz CT molecular complexity index is 708. The predicted molar refractivity (Wildman–Crippen MR) is 85.0 cm³/mol. The molecule has 0 bridgehead atoms. The number of hydrogen-bond acceptors (Lipinski definition) is 3. The summed E-state index contributed by atoms with van der Waals surface area (Å²) in [6.45, 7) is 2.48. The van der Waals surface area contributed by atoms with Gasteiger partial charge in [0, 0.05) is 12.1 Å². The van der Waals surface area contributed by atoms with E-state index in [4.69, 9.17) is 5.26 Å². The highest BCUT2D eigenvalue weighted by atomic mass is 19.1. The molecule has 1 heterocycles. The maximum absolute atomic E-state index is 14.0. The fourth-order valence-electron chi connectivity index (χ4n) is 3.43. The van der Waals surface area contributed by atoms with Gasteiger partial charge in [-0.05, 0) is 31.2 Å². The maximum Gasteiger partial charge on any atom is 0.233 e. The van der Waals surface area contributed by atoms with Crippen LogP contribution in [-0.4, -0.2) is 29.3 Å². The van der Waals surface area contributed by atoms with Gasteiger partial charge in [-0.25, -0.2) is 4.39 Å². The Labute approximate surface area is 140 Å². The van der Waals surface area contributed by atoms with Crippen LogP contribution in [0.25, 0.3) is 0 Å². The molecule has 3 rings (SSSR count). The van der Waals surface area contributed by atoms with Crippen LogP contribution in [-0.2, 0) is 15.1 Å². The molecule has 1 saturated carbocycles. The van der Waals surface area contributed by atoms with E-state index in [2.05, 4.69) is 11.4 Å². The van der Waals surface area contributed by atoms with Crippen LogP contribution in [0.1, 0.15) is 38.2 Å². The molecule has 1 N–H and O–H groups in total. The summed E-state index contributed by atoms with van der Waals surface area (Å²) in [4.78, 5) is 26.1. The molecule has 0 radical (unpaired) electrons. The Morgan fingerprint density at radius 1 is 1.42 bits per heavy atom. The van der Waals surface area contributed by atoms with Gasteiger partial charge < -0.3 is 10.2 Å². The van der Waals surface area contributed by atoms with Crippen LogP contribution in [0.4, 0.5) is 4.39 Å². The number of amides is 2. The number of nitrogens with zero attached hydrogens (tertiary/aromatic N) is 2. The lowest BCUT2D eigenvalue weighted by atomic mass is 10.0. The van der Waals surface area contributed by atoms with Crippen molar-refractivity contribution in [2.45, 2.75) is 44.2 Å². The molecule has 2 aliphatic rings. The van der Waals surface area contributed by atoms with Crippen molar-refractivity contribution in [1.82, 2.24) is 10.2 Å². The van der Waals surface area contributed by atoms with Crippen molar-refractivity contribution < 1.29 is 14.0 Å². The van der Waals surface area contributed by atoms with E-state index in [-0.39, 0.29) is 24.1 Å². The third-order valence-electron chi connectivity index (χ3n) is 4.81. The molecule has 1 aliphatic carbocycles. The first-order valence-electron chi connectivity index (χ1n) is 8.20. The summed E-state index contributed by atoms with van der Waals surface area (Å²) in [6, 6.07) is 8.04. The van der Waals surface area contributed by atoms with E-state index in [0.717, 1.165) is 0 Å². The van der Waals surface area contributed by atoms with Gasteiger partial charge in [0.2, 0.25) is 11.8 Å². The monoisotopic (exact) mass is 329 g/mol. The quantitative estimate of drug-likeness (QED) is 0.860. The number of likely N-dealkylation sites (tertiary alicyclic amines) is 1. The second-order valence-corrected chi connectivity index (χ2v) is 6.82. The van der Waals surface area contributed by atoms with Gasteiger partial charge in [0.05, 0.1) is 11.6 Å². The standard InChI is InChI=1S/C18H20FN3O2/c1-12-8-13(10-20)22(11-12)17(24)9-16(23)21-18(6-7-18)14-4-2-3-5-15(14)19/h2-5,12-13H,6-9,11H2,1H3,(H,21,23). The summed E-state index contributed by atoms with van der Waals surface area (Å²) >= 11 is 0. The zero-order valence-corrected chi connectivity index (χ0v) is 13.6. The lowest BCUT2D eigenvalue weighted by Gasteiger charge is -2.22. The Morgan fingerprint density at radius 2 is 2.12 bits per heavy atom. The van der Waals surface area contributed by atoms with E-state index in [1.165, 1.54) is 11.0 Å². The van der Waals surface area contributed by atoms with Crippen LogP contribution in [0, 0.1) is 23.1 Å². The van der Waals surface area contributed by atoms with Crippen molar-refractivity contribution >= 4 is 11.8 Å². The number of nitrogens with one attached hydrogen (secondary N) is 1. The molecule has 1 aromatic carbocycles. The molecule has 1 saturated heterocycles. The van der Waals surface area contributed by atoms with Gasteiger partial charge >= 0.3 is 0 Å². The van der Waals surface area contributed by atoms with E-state index in [1.807, 2.05) is 6.92 Å². The van der Waals surface area contributed by atoms with Crippen LogP contribution in [0.5, 0.6) is 0 Å². The third-order valence-corrected chi connectivity index (χ3v) is 4.81. The lowest BCUT2D eigenvalue weighted by Crippen LogP contribution is -2.41. The van der Waals surface area contributed by atoms with Gasteiger partial charge in [0.15, 0.2) is 0 Å². The van der Waals surface area contributed by atoms with Crippen LogP contribution < -0.4 is 5.32 Å². The van der Waals surface area contributed by atoms with Crippen LogP contribution in [0.2, 0.25) is 0 Å². The van der Waals surface area contributed by atoms with Gasteiger partial charge in [0.25, 0.3) is 0 Å². The zero-order chi connectivity index (χ0) is 17.3. The maximum atomic E-state index is 14.0. The van der Waals surface area contributed by atoms with Gasteiger partial charge in [-0.1, -0.05) is 25.1 Å². The number of carbonyl (C=O) groups is 2. The first-order chi connectivity index (χ1) is 11.4. The van der Waals surface area contributed by atoms with Gasteiger partial charge in [-0.2, -0.15) is 5.26 Å². The Balaban J connectivity index is 1.63. The number of nitriles is 1. The van der Waals surface area contributed by atoms with Crippen LogP contribution in [0.3, 0.4) is 0 Å². The molecule has 2 atom stereocenters. The highest BCUT2D eigenvalue weighted by Crippen LogP contribution is 2.46. The van der Waals surface area contributed by atoms with E-state index in [1.54, 1.807) is 18.2 Å². The first kappa shape index (κ1) is 16.4. The minimum Gasteiger partial charge on any atom is -0.346 e. The van der Waals surface area contributed by atoms with Crippen molar-refractivity contribution in [1.29, 1.82) is 5.26 Å². The average molecular weight is 329 g/mol. The minimum atomic E-state index is -0.685. The predicted octanol–water partition coefficient (Wildman–Crippen LogP) is 2.08. The Hall–Kier alpha value is -2.42. The molecule has 0 spiro atoms. The van der Waals surface area contributed by atoms with E-state index < -0.39 is 17.5 Å². The molecule has 2 unspecified atom stereocenters. The summed E-state index contributed by atoms with van der Waals surface area (Å²) in [6.07, 6.45) is 1.66. The SMILES string of the molecule is CC1CC(C#N)N(C(=O)CC(=O)NC2(c3ccccc3F)CC2)C1. The average Bonchev–Trinajstić information content (AvgIpc) is 3.20. The van der Waals surface area contributed by atoms with Crippen molar-refractivity contribution in [3.8, 4) is 6.07 Å². The lowest BCUT2D eigenvalue weighted by molar-refractivity contribution is -0.136. The summed E-state index contributed by atoms with van der Waals surface area (Å²) in [7, 11) is 0. The van der Waals surface area contributed by atoms with E-state index in [0.29, 0.717) is 31.4 Å². The Kier molecular flexibility index (Phi) is 4.27. The molecule has 6 heteroatoms. The molecular weight excluding hydrogens is 309 g/mol. The Morgan fingerprint density at radius 3 is 2.75 bits per heavy atom. The molecular formula is C18H20FN3O2. The second kappa shape index (κ2) is 6.23. The molecule has 5 nitrogen and oxygen atoms in total. The third kappa shape index (κ3) is 3.12. The van der Waals surface area contributed by atoms with Crippen LogP contribution >= 0.6 is 0 Å². The molecule has 2 fully saturated rings. The molecule has 0 aromatic heterocycles. The van der Waals surface area contributed by atoms with Gasteiger partial charge in [0.1, 0.15) is 18.3 Å². The first-order valence-corrected chi connectivity index (χ1v) is 8.20. The van der Waals surface area contributed by atoms with Gasteiger partial charge in [-0.15, -0.1) is 0 Å². The largest absolute Gasteiger partial charge is 0.346 e. The van der Waals surface area contributed by atoms with Crippen molar-refractivity contribution in [2.75, 3.05) is 6.54 Å². The zero-order valence-electron chi connectivity index (χ0n) is 13.6. The number of carbonyl (C=O) groups excluding carboxylic acids is 2. The van der Waals surface area contributed by atoms with Crippen LogP contribution in [0.15, 0.2) is 24.3 Å². The second-order valence-electron chi connectivity index (χ2n) is 6.82. The summed E-state index contributed by atoms with van der Waals surface area (Å²) in [5.74, 6) is -0.848.